The summed E-state index contributed by atoms with van der Waals surface area (Å²) in [5.74, 6) is 2.67. The summed E-state index contributed by atoms with van der Waals surface area (Å²) in [6.45, 7) is 7.23. The van der Waals surface area contributed by atoms with E-state index in [2.05, 4.69) is 29.1 Å². The van der Waals surface area contributed by atoms with Crippen molar-refractivity contribution in [3.8, 4) is 5.75 Å². The second kappa shape index (κ2) is 9.16. The number of hydrogen-bond acceptors (Lipinski definition) is 4. The van der Waals surface area contributed by atoms with Gasteiger partial charge in [0, 0.05) is 51.3 Å². The van der Waals surface area contributed by atoms with Gasteiger partial charge in [-0.05, 0) is 31.5 Å². The number of guanidine groups is 1. The third kappa shape index (κ3) is 6.12. The molecule has 0 aliphatic carbocycles. The molecule has 1 N–H and O–H groups in total. The zero-order chi connectivity index (χ0) is 19.2. The summed E-state index contributed by atoms with van der Waals surface area (Å²) < 4.78 is 5.82. The van der Waals surface area contributed by atoms with E-state index in [9.17, 15) is 4.79 Å². The molecule has 1 saturated heterocycles. The molecule has 0 aromatic heterocycles. The normalized spacial score (nSPS) is 17.0. The molecule has 1 amide bonds. The summed E-state index contributed by atoms with van der Waals surface area (Å²) in [6.07, 6.45) is 0. The van der Waals surface area contributed by atoms with Gasteiger partial charge in [-0.15, -0.1) is 0 Å². The van der Waals surface area contributed by atoms with Gasteiger partial charge in [-0.25, -0.2) is 0 Å². The number of nitrogens with one attached hydrogen (secondary N) is 1. The van der Waals surface area contributed by atoms with Crippen LogP contribution in [0.25, 0.3) is 0 Å². The Morgan fingerprint density at radius 1 is 1.42 bits per heavy atom. The van der Waals surface area contributed by atoms with Crippen molar-refractivity contribution in [1.82, 2.24) is 15.1 Å². The summed E-state index contributed by atoms with van der Waals surface area (Å²) in [7, 11) is 5.26. The number of ether oxygens (including phenoxy) is 1. The highest BCUT2D eigenvalue weighted by molar-refractivity contribution is 8.00. The van der Waals surface area contributed by atoms with Gasteiger partial charge in [-0.3, -0.25) is 9.79 Å². The van der Waals surface area contributed by atoms with Crippen LogP contribution >= 0.6 is 11.8 Å². The molecule has 2 rings (SSSR count). The van der Waals surface area contributed by atoms with Crippen LogP contribution in [0.2, 0.25) is 0 Å². The van der Waals surface area contributed by atoms with Crippen molar-refractivity contribution in [1.29, 1.82) is 0 Å². The first kappa shape index (κ1) is 20.4. The van der Waals surface area contributed by atoms with E-state index in [1.54, 1.807) is 14.1 Å². The molecule has 1 aromatic rings. The number of carbonyl (C=O) groups excluding carboxylic acids is 1. The van der Waals surface area contributed by atoms with Crippen molar-refractivity contribution in [2.75, 3.05) is 46.6 Å². The molecular weight excluding hydrogens is 348 g/mol. The van der Waals surface area contributed by atoms with Crippen LogP contribution in [0.3, 0.4) is 0 Å². The predicted molar refractivity (Wildman–Crippen MR) is 109 cm³/mol. The van der Waals surface area contributed by atoms with Crippen molar-refractivity contribution < 1.29 is 9.53 Å². The van der Waals surface area contributed by atoms with Gasteiger partial charge in [0.05, 0.1) is 0 Å². The molecule has 1 aliphatic rings. The maximum Gasteiger partial charge on any atom is 0.259 e. The van der Waals surface area contributed by atoms with E-state index in [0.717, 1.165) is 30.4 Å². The highest BCUT2D eigenvalue weighted by atomic mass is 32.2. The Labute approximate surface area is 161 Å². The maximum atomic E-state index is 11.6. The van der Waals surface area contributed by atoms with Crippen molar-refractivity contribution >= 4 is 23.6 Å². The van der Waals surface area contributed by atoms with E-state index < -0.39 is 0 Å². The van der Waals surface area contributed by atoms with Gasteiger partial charge >= 0.3 is 0 Å². The number of aliphatic imine (C=N–C) groups is 1. The van der Waals surface area contributed by atoms with Crippen LogP contribution in [0.5, 0.6) is 5.75 Å². The highest BCUT2D eigenvalue weighted by Crippen LogP contribution is 2.29. The first-order chi connectivity index (χ1) is 12.3. The topological polar surface area (TPSA) is 57.2 Å². The van der Waals surface area contributed by atoms with Crippen LogP contribution in [0.4, 0.5) is 0 Å². The molecule has 0 bridgehead atoms. The zero-order valence-electron chi connectivity index (χ0n) is 16.4. The van der Waals surface area contributed by atoms with E-state index in [0.29, 0.717) is 12.3 Å². The Morgan fingerprint density at radius 3 is 2.85 bits per heavy atom. The molecule has 7 heteroatoms. The summed E-state index contributed by atoms with van der Waals surface area (Å²) in [6, 6.07) is 7.80. The van der Waals surface area contributed by atoms with Crippen LogP contribution in [0, 0.1) is 0 Å². The van der Waals surface area contributed by atoms with Gasteiger partial charge in [-0.1, -0.05) is 12.1 Å². The molecule has 1 heterocycles. The van der Waals surface area contributed by atoms with Gasteiger partial charge in [0.25, 0.3) is 5.91 Å². The molecule has 0 atom stereocenters. The van der Waals surface area contributed by atoms with Crippen molar-refractivity contribution in [3.05, 3.63) is 29.8 Å². The second-order valence-electron chi connectivity index (χ2n) is 7.15. The standard InChI is InChI=1S/C19H30N4O2S/c1-19(2)14-23(9-10-26-19)18(20-3)21-12-15-7-6-8-16(11-15)25-13-17(24)22(4)5/h6-8,11H,9-10,12-14H2,1-5H3,(H,20,21). The molecule has 1 aliphatic heterocycles. The van der Waals surface area contributed by atoms with Crippen molar-refractivity contribution in [3.63, 3.8) is 0 Å². The molecule has 144 valence electrons. The summed E-state index contributed by atoms with van der Waals surface area (Å²) in [5, 5.41) is 3.44. The van der Waals surface area contributed by atoms with E-state index in [1.165, 1.54) is 4.90 Å². The maximum absolute atomic E-state index is 11.6. The van der Waals surface area contributed by atoms with Crippen LogP contribution in [-0.4, -0.2) is 73.0 Å². The van der Waals surface area contributed by atoms with Gasteiger partial charge in [0.1, 0.15) is 5.75 Å². The Balaban J connectivity index is 1.91. The lowest BCUT2D eigenvalue weighted by Gasteiger charge is -2.39. The monoisotopic (exact) mass is 378 g/mol. The fourth-order valence-corrected chi connectivity index (χ4v) is 3.84. The number of nitrogens with zero attached hydrogens (tertiary/aromatic N) is 3. The lowest BCUT2D eigenvalue weighted by Crippen LogP contribution is -2.50. The largest absolute Gasteiger partial charge is 0.484 e. The lowest BCUT2D eigenvalue weighted by atomic mass is 10.2. The fraction of sp³-hybridized carbons (Fsp3) is 0.579. The molecule has 26 heavy (non-hydrogen) atoms. The third-order valence-corrected chi connectivity index (χ3v) is 5.44. The Kier molecular flexibility index (Phi) is 7.20. The van der Waals surface area contributed by atoms with Gasteiger partial charge in [-0.2, -0.15) is 11.8 Å². The number of hydrogen-bond donors (Lipinski definition) is 1. The number of thioether (sulfide) groups is 1. The van der Waals surface area contributed by atoms with E-state index >= 15 is 0 Å². The average molecular weight is 379 g/mol. The number of likely N-dealkylation sites (N-methyl/N-ethyl adjacent to an activating group) is 1. The zero-order valence-corrected chi connectivity index (χ0v) is 17.2. The van der Waals surface area contributed by atoms with Crippen molar-refractivity contribution in [2.45, 2.75) is 25.1 Å². The Morgan fingerprint density at radius 2 is 2.19 bits per heavy atom. The SMILES string of the molecule is CN=C(NCc1cccc(OCC(=O)N(C)C)c1)N1CCSC(C)(C)C1. The van der Waals surface area contributed by atoms with E-state index in [-0.39, 0.29) is 17.3 Å². The molecule has 6 nitrogen and oxygen atoms in total. The molecule has 1 aromatic carbocycles. The lowest BCUT2D eigenvalue weighted by molar-refractivity contribution is -0.130. The first-order valence-corrected chi connectivity index (χ1v) is 9.81. The number of amides is 1. The minimum Gasteiger partial charge on any atom is -0.484 e. The van der Waals surface area contributed by atoms with E-state index in [1.807, 2.05) is 43.1 Å². The molecular formula is C19H30N4O2S. The Bertz CT molecular complexity index is 646. The summed E-state index contributed by atoms with van der Waals surface area (Å²) in [4.78, 5) is 19.9. The number of carbonyl (C=O) groups is 1. The number of rotatable bonds is 5. The highest BCUT2D eigenvalue weighted by Gasteiger charge is 2.28. The third-order valence-electron chi connectivity index (χ3n) is 4.15. The summed E-state index contributed by atoms with van der Waals surface area (Å²) in [5.41, 5.74) is 1.09. The van der Waals surface area contributed by atoms with Crippen LogP contribution in [0.15, 0.2) is 29.3 Å². The minimum absolute atomic E-state index is 0.0477. The van der Waals surface area contributed by atoms with Gasteiger partial charge in [0.2, 0.25) is 0 Å². The van der Waals surface area contributed by atoms with Gasteiger partial charge in [0.15, 0.2) is 12.6 Å². The number of benzene rings is 1. The average Bonchev–Trinajstić information content (AvgIpc) is 2.59. The van der Waals surface area contributed by atoms with Crippen molar-refractivity contribution in [2.24, 2.45) is 4.99 Å². The first-order valence-electron chi connectivity index (χ1n) is 8.82. The molecule has 0 radical (unpaired) electrons. The summed E-state index contributed by atoms with van der Waals surface area (Å²) >= 11 is 2.01. The second-order valence-corrected chi connectivity index (χ2v) is 8.96. The molecule has 0 spiro atoms. The van der Waals surface area contributed by atoms with E-state index in [4.69, 9.17) is 4.74 Å². The minimum atomic E-state index is -0.0560. The Hall–Kier alpha value is -1.89. The molecule has 0 saturated carbocycles. The fourth-order valence-electron chi connectivity index (χ4n) is 2.73. The van der Waals surface area contributed by atoms with Gasteiger partial charge < -0.3 is 19.9 Å². The van der Waals surface area contributed by atoms with Crippen LogP contribution in [-0.2, 0) is 11.3 Å². The van der Waals surface area contributed by atoms with Crippen LogP contribution < -0.4 is 10.1 Å². The smallest absolute Gasteiger partial charge is 0.259 e. The molecule has 0 unspecified atom stereocenters. The quantitative estimate of drug-likeness (QED) is 0.628. The molecule has 1 fully saturated rings. The van der Waals surface area contributed by atoms with Crippen LogP contribution in [0.1, 0.15) is 19.4 Å². The predicted octanol–water partition coefficient (Wildman–Crippen LogP) is 2.06.